The summed E-state index contributed by atoms with van der Waals surface area (Å²) in [5, 5.41) is 2.76. The highest BCUT2D eigenvalue weighted by molar-refractivity contribution is 9.10. The fourth-order valence-electron chi connectivity index (χ4n) is 1.51. The van der Waals surface area contributed by atoms with Crippen LogP contribution in [-0.4, -0.2) is 34.1 Å². The molecule has 0 bridgehead atoms. The molecular formula is C12H15BrClNO4S. The number of benzene rings is 1. The molecule has 8 heteroatoms. The van der Waals surface area contributed by atoms with Crippen LogP contribution in [0.4, 0.5) is 0 Å². The first-order chi connectivity index (χ1) is 9.24. The summed E-state index contributed by atoms with van der Waals surface area (Å²) in [7, 11) is 2.99. The number of amides is 1. The van der Waals surface area contributed by atoms with Crippen molar-refractivity contribution >= 4 is 41.6 Å². The second kappa shape index (κ2) is 7.40. The van der Waals surface area contributed by atoms with Gasteiger partial charge >= 0.3 is 0 Å². The number of rotatable bonds is 6. The molecular weight excluding hydrogens is 370 g/mol. The van der Waals surface area contributed by atoms with Gasteiger partial charge in [0, 0.05) is 40.5 Å². The molecule has 0 saturated heterocycles. The van der Waals surface area contributed by atoms with Crippen LogP contribution in [0.5, 0.6) is 0 Å². The van der Waals surface area contributed by atoms with E-state index in [9.17, 15) is 13.2 Å². The van der Waals surface area contributed by atoms with Crippen LogP contribution in [0.1, 0.15) is 23.7 Å². The maximum atomic E-state index is 12.0. The van der Waals surface area contributed by atoms with Gasteiger partial charge in [0.1, 0.15) is 0 Å². The molecule has 1 unspecified atom stereocenters. The highest BCUT2D eigenvalue weighted by atomic mass is 79.9. The molecule has 0 spiro atoms. The quantitative estimate of drug-likeness (QED) is 0.765. The summed E-state index contributed by atoms with van der Waals surface area (Å²) in [5.74, 6) is -0.364. The molecule has 1 N–H and O–H groups in total. The molecule has 0 heterocycles. The number of carbonyl (C=O) groups is 1. The summed E-state index contributed by atoms with van der Waals surface area (Å²) in [6, 6.07) is 4.03. The topological polar surface area (TPSA) is 72.5 Å². The van der Waals surface area contributed by atoms with Crippen molar-refractivity contribution in [2.45, 2.75) is 24.3 Å². The van der Waals surface area contributed by atoms with E-state index in [1.807, 2.05) is 6.92 Å². The molecule has 0 aliphatic heterocycles. The van der Waals surface area contributed by atoms with Crippen molar-refractivity contribution in [3.8, 4) is 0 Å². The van der Waals surface area contributed by atoms with E-state index in [1.165, 1.54) is 18.2 Å². The lowest BCUT2D eigenvalue weighted by atomic mass is 10.2. The van der Waals surface area contributed by atoms with Gasteiger partial charge in [-0.2, -0.15) is 0 Å². The summed E-state index contributed by atoms with van der Waals surface area (Å²) in [6.45, 7) is 2.37. The number of nitrogens with one attached hydrogen (secondary N) is 1. The van der Waals surface area contributed by atoms with Crippen LogP contribution in [-0.2, 0) is 13.8 Å². The standard InChI is InChI=1S/C12H15BrClNO4S/c1-8(3-4-19-2)15-12(16)9-5-10(13)7-11(6-9)20(14,17)18/h5-8H,3-4H2,1-2H3,(H,15,16). The van der Waals surface area contributed by atoms with Crippen LogP contribution >= 0.6 is 26.6 Å². The molecule has 20 heavy (non-hydrogen) atoms. The average molecular weight is 385 g/mol. The zero-order valence-electron chi connectivity index (χ0n) is 11.0. The molecule has 112 valence electrons. The first-order valence-corrected chi connectivity index (χ1v) is 8.89. The average Bonchev–Trinajstić information content (AvgIpc) is 2.34. The van der Waals surface area contributed by atoms with Gasteiger partial charge in [-0.15, -0.1) is 0 Å². The minimum absolute atomic E-state index is 0.0857. The lowest BCUT2D eigenvalue weighted by Gasteiger charge is -2.13. The number of hydrogen-bond acceptors (Lipinski definition) is 4. The minimum atomic E-state index is -3.88. The van der Waals surface area contributed by atoms with Crippen molar-refractivity contribution in [2.75, 3.05) is 13.7 Å². The van der Waals surface area contributed by atoms with E-state index in [2.05, 4.69) is 21.2 Å². The van der Waals surface area contributed by atoms with E-state index in [1.54, 1.807) is 7.11 Å². The molecule has 0 aliphatic carbocycles. The summed E-state index contributed by atoms with van der Waals surface area (Å²) in [5.41, 5.74) is 0.225. The van der Waals surface area contributed by atoms with Crippen molar-refractivity contribution in [3.05, 3.63) is 28.2 Å². The molecule has 0 fully saturated rings. The van der Waals surface area contributed by atoms with Gasteiger partial charge < -0.3 is 10.1 Å². The number of hydrogen-bond donors (Lipinski definition) is 1. The molecule has 0 aliphatic rings. The maximum Gasteiger partial charge on any atom is 0.261 e. The van der Waals surface area contributed by atoms with Crippen molar-refractivity contribution in [2.24, 2.45) is 0 Å². The van der Waals surface area contributed by atoms with Gasteiger partial charge in [0.25, 0.3) is 15.0 Å². The third-order valence-corrected chi connectivity index (χ3v) is 4.34. The fraction of sp³-hybridized carbons (Fsp3) is 0.417. The number of methoxy groups -OCH3 is 1. The van der Waals surface area contributed by atoms with E-state index in [0.717, 1.165) is 0 Å². The third-order valence-electron chi connectivity index (χ3n) is 2.55. The van der Waals surface area contributed by atoms with Gasteiger partial charge in [0.15, 0.2) is 0 Å². The summed E-state index contributed by atoms with van der Waals surface area (Å²) >= 11 is 3.16. The normalized spacial score (nSPS) is 13.0. The Kier molecular flexibility index (Phi) is 6.44. The monoisotopic (exact) mass is 383 g/mol. The van der Waals surface area contributed by atoms with Gasteiger partial charge in [0.05, 0.1) is 4.90 Å². The number of halogens is 2. The Bertz CT molecular complexity index is 591. The highest BCUT2D eigenvalue weighted by Crippen LogP contribution is 2.22. The van der Waals surface area contributed by atoms with Gasteiger partial charge in [0.2, 0.25) is 0 Å². The van der Waals surface area contributed by atoms with Crippen molar-refractivity contribution in [1.29, 1.82) is 0 Å². The van der Waals surface area contributed by atoms with E-state index >= 15 is 0 Å². The molecule has 0 radical (unpaired) electrons. The van der Waals surface area contributed by atoms with Gasteiger partial charge in [-0.05, 0) is 31.5 Å². The Morgan fingerprint density at radius 3 is 2.65 bits per heavy atom. The second-order valence-corrected chi connectivity index (χ2v) is 7.75. The maximum absolute atomic E-state index is 12.0. The van der Waals surface area contributed by atoms with Crippen LogP contribution in [0.25, 0.3) is 0 Å². The Hall–Kier alpha value is -0.630. The Labute approximate surface area is 131 Å². The van der Waals surface area contributed by atoms with Crippen LogP contribution in [0.2, 0.25) is 0 Å². The van der Waals surface area contributed by atoms with Crippen LogP contribution < -0.4 is 5.32 Å². The van der Waals surface area contributed by atoms with Crippen LogP contribution in [0.3, 0.4) is 0 Å². The van der Waals surface area contributed by atoms with E-state index < -0.39 is 9.05 Å². The second-order valence-electron chi connectivity index (χ2n) is 4.27. The molecule has 1 rings (SSSR count). The highest BCUT2D eigenvalue weighted by Gasteiger charge is 2.16. The molecule has 0 aromatic heterocycles. The third kappa shape index (κ3) is 5.40. The fourth-order valence-corrected chi connectivity index (χ4v) is 2.96. The summed E-state index contributed by atoms with van der Waals surface area (Å²) in [4.78, 5) is 11.9. The summed E-state index contributed by atoms with van der Waals surface area (Å²) in [6.07, 6.45) is 0.664. The Morgan fingerprint density at radius 2 is 2.10 bits per heavy atom. The molecule has 5 nitrogen and oxygen atoms in total. The molecule has 1 aromatic carbocycles. The predicted molar refractivity (Wildman–Crippen MR) is 80.6 cm³/mol. The van der Waals surface area contributed by atoms with Gasteiger partial charge in [-0.25, -0.2) is 8.42 Å². The first kappa shape index (κ1) is 17.4. The van der Waals surface area contributed by atoms with Crippen LogP contribution in [0, 0.1) is 0 Å². The Morgan fingerprint density at radius 1 is 1.45 bits per heavy atom. The number of ether oxygens (including phenoxy) is 1. The lowest BCUT2D eigenvalue weighted by molar-refractivity contribution is 0.0929. The van der Waals surface area contributed by atoms with E-state index in [-0.39, 0.29) is 22.4 Å². The van der Waals surface area contributed by atoms with Crippen molar-refractivity contribution in [1.82, 2.24) is 5.32 Å². The molecule has 1 aromatic rings. The Balaban J connectivity index is 2.91. The van der Waals surface area contributed by atoms with Crippen molar-refractivity contribution < 1.29 is 17.9 Å². The van der Waals surface area contributed by atoms with E-state index in [0.29, 0.717) is 17.5 Å². The zero-order chi connectivity index (χ0) is 15.3. The molecule has 1 atom stereocenters. The van der Waals surface area contributed by atoms with Crippen LogP contribution in [0.15, 0.2) is 27.6 Å². The number of carbonyl (C=O) groups excluding carboxylic acids is 1. The smallest absolute Gasteiger partial charge is 0.261 e. The SMILES string of the molecule is COCCC(C)NC(=O)c1cc(Br)cc(S(=O)(=O)Cl)c1. The van der Waals surface area contributed by atoms with Crippen molar-refractivity contribution in [3.63, 3.8) is 0 Å². The van der Waals surface area contributed by atoms with Gasteiger partial charge in [-0.1, -0.05) is 15.9 Å². The zero-order valence-corrected chi connectivity index (χ0v) is 14.2. The van der Waals surface area contributed by atoms with Gasteiger partial charge in [-0.3, -0.25) is 4.79 Å². The largest absolute Gasteiger partial charge is 0.385 e. The predicted octanol–water partition coefficient (Wildman–Crippen LogP) is 2.53. The molecule has 0 saturated carbocycles. The lowest BCUT2D eigenvalue weighted by Crippen LogP contribution is -2.33. The first-order valence-electron chi connectivity index (χ1n) is 5.79. The summed E-state index contributed by atoms with van der Waals surface area (Å²) < 4.78 is 28.0. The van der Waals surface area contributed by atoms with E-state index in [4.69, 9.17) is 15.4 Å². The molecule has 1 amide bonds. The minimum Gasteiger partial charge on any atom is -0.385 e.